The fraction of sp³-hybridized carbons (Fsp3) is 0.571. The molecule has 0 aliphatic rings. The zero-order valence-electron chi connectivity index (χ0n) is 12.3. The smallest absolute Gasteiger partial charge is 0.322 e. The van der Waals surface area contributed by atoms with Crippen molar-refractivity contribution in [3.8, 4) is 0 Å². The van der Waals surface area contributed by atoms with Crippen LogP contribution in [0.15, 0.2) is 22.8 Å². The van der Waals surface area contributed by atoms with Crippen LogP contribution in [-0.4, -0.2) is 35.5 Å². The third-order valence-corrected chi connectivity index (χ3v) is 3.96. The highest BCUT2D eigenvalue weighted by atomic mass is 32.2. The lowest BCUT2D eigenvalue weighted by atomic mass is 10.2. The van der Waals surface area contributed by atoms with Crippen LogP contribution in [0.5, 0.6) is 0 Å². The molecule has 1 rings (SSSR count). The molecule has 0 aliphatic heterocycles. The number of nitrogens with one attached hydrogen (secondary N) is 1. The predicted octanol–water partition coefficient (Wildman–Crippen LogP) is 1.30. The summed E-state index contributed by atoms with van der Waals surface area (Å²) in [5.74, 6) is 0.869. The second kappa shape index (κ2) is 9.46. The SMILES string of the molecule is CCOC(=O)C(N)CCSC(C)C(=O)NCc1ccco1. The number of nitrogens with two attached hydrogens (primary N) is 1. The number of furan rings is 1. The Morgan fingerprint density at radius 1 is 1.52 bits per heavy atom. The fourth-order valence-electron chi connectivity index (χ4n) is 1.55. The second-order valence-electron chi connectivity index (χ2n) is 4.46. The first-order chi connectivity index (χ1) is 10.0. The average Bonchev–Trinajstić information content (AvgIpc) is 2.97. The fourth-order valence-corrected chi connectivity index (χ4v) is 2.52. The molecule has 1 aromatic rings. The summed E-state index contributed by atoms with van der Waals surface area (Å²) in [5, 5.41) is 2.58. The molecular weight excluding hydrogens is 292 g/mol. The summed E-state index contributed by atoms with van der Waals surface area (Å²) < 4.78 is 9.96. The Labute approximate surface area is 128 Å². The summed E-state index contributed by atoms with van der Waals surface area (Å²) in [7, 11) is 0. The summed E-state index contributed by atoms with van der Waals surface area (Å²) in [6.45, 7) is 4.26. The lowest BCUT2D eigenvalue weighted by Crippen LogP contribution is -2.34. The molecule has 0 spiro atoms. The van der Waals surface area contributed by atoms with Crippen LogP contribution in [0.4, 0.5) is 0 Å². The normalized spacial score (nSPS) is 13.5. The number of ether oxygens (including phenoxy) is 1. The standard InChI is InChI=1S/C14H22N2O4S/c1-3-19-14(18)12(15)6-8-21-10(2)13(17)16-9-11-5-4-7-20-11/h4-5,7,10,12H,3,6,8-9,15H2,1-2H3,(H,16,17). The third kappa shape index (κ3) is 6.68. The van der Waals surface area contributed by atoms with Gasteiger partial charge < -0.3 is 20.2 Å². The molecule has 21 heavy (non-hydrogen) atoms. The highest BCUT2D eigenvalue weighted by molar-refractivity contribution is 8.00. The van der Waals surface area contributed by atoms with Gasteiger partial charge in [0.1, 0.15) is 11.8 Å². The van der Waals surface area contributed by atoms with Gasteiger partial charge in [-0.05, 0) is 38.2 Å². The van der Waals surface area contributed by atoms with Crippen molar-refractivity contribution in [1.29, 1.82) is 0 Å². The van der Waals surface area contributed by atoms with E-state index < -0.39 is 12.0 Å². The first-order valence-corrected chi connectivity index (χ1v) is 7.93. The van der Waals surface area contributed by atoms with Crippen LogP contribution >= 0.6 is 11.8 Å². The molecule has 1 aromatic heterocycles. The van der Waals surface area contributed by atoms with Gasteiger partial charge >= 0.3 is 5.97 Å². The summed E-state index contributed by atoms with van der Waals surface area (Å²) in [6, 6.07) is 2.95. The molecule has 0 aliphatic carbocycles. The van der Waals surface area contributed by atoms with Crippen molar-refractivity contribution < 1.29 is 18.7 Å². The molecule has 0 fully saturated rings. The molecule has 2 unspecified atom stereocenters. The quantitative estimate of drug-likeness (QED) is 0.667. The minimum atomic E-state index is -0.629. The largest absolute Gasteiger partial charge is 0.467 e. The molecule has 7 heteroatoms. The van der Waals surface area contributed by atoms with E-state index in [1.54, 1.807) is 25.3 Å². The third-order valence-electron chi connectivity index (χ3n) is 2.77. The van der Waals surface area contributed by atoms with Gasteiger partial charge in [-0.2, -0.15) is 0 Å². The number of carbonyl (C=O) groups is 2. The molecule has 0 saturated carbocycles. The van der Waals surface area contributed by atoms with E-state index in [9.17, 15) is 9.59 Å². The lowest BCUT2D eigenvalue weighted by Gasteiger charge is -2.13. The van der Waals surface area contributed by atoms with Crippen LogP contribution in [0.3, 0.4) is 0 Å². The summed E-state index contributed by atoms with van der Waals surface area (Å²) in [5.41, 5.74) is 5.69. The summed E-state index contributed by atoms with van der Waals surface area (Å²) >= 11 is 1.46. The topological polar surface area (TPSA) is 94.6 Å². The molecule has 6 nitrogen and oxygen atoms in total. The van der Waals surface area contributed by atoms with Gasteiger partial charge in [-0.15, -0.1) is 11.8 Å². The number of rotatable bonds is 9. The van der Waals surface area contributed by atoms with Crippen molar-refractivity contribution in [1.82, 2.24) is 5.32 Å². The van der Waals surface area contributed by atoms with E-state index in [0.29, 0.717) is 31.1 Å². The summed E-state index contributed by atoms with van der Waals surface area (Å²) in [6.07, 6.45) is 2.05. The Bertz CT molecular complexity index is 436. The molecule has 1 amide bonds. The van der Waals surface area contributed by atoms with E-state index in [0.717, 1.165) is 0 Å². The molecule has 118 valence electrons. The van der Waals surface area contributed by atoms with E-state index in [2.05, 4.69) is 5.32 Å². The number of carbonyl (C=O) groups excluding carboxylic acids is 2. The van der Waals surface area contributed by atoms with Crippen molar-refractivity contribution in [2.45, 2.75) is 38.1 Å². The molecule has 0 saturated heterocycles. The first-order valence-electron chi connectivity index (χ1n) is 6.88. The number of hydrogen-bond donors (Lipinski definition) is 2. The molecular formula is C14H22N2O4S. The van der Waals surface area contributed by atoms with Crippen molar-refractivity contribution in [3.05, 3.63) is 24.2 Å². The van der Waals surface area contributed by atoms with Crippen LogP contribution < -0.4 is 11.1 Å². The van der Waals surface area contributed by atoms with Crippen LogP contribution in [-0.2, 0) is 20.9 Å². The zero-order valence-corrected chi connectivity index (χ0v) is 13.2. The minimum Gasteiger partial charge on any atom is -0.467 e. The predicted molar refractivity (Wildman–Crippen MR) is 81.7 cm³/mol. The molecule has 0 aromatic carbocycles. The molecule has 3 N–H and O–H groups in total. The molecule has 1 heterocycles. The molecule has 0 bridgehead atoms. The number of esters is 1. The second-order valence-corrected chi connectivity index (χ2v) is 5.91. The van der Waals surface area contributed by atoms with Gasteiger partial charge in [-0.1, -0.05) is 0 Å². The Morgan fingerprint density at radius 3 is 2.90 bits per heavy atom. The van der Waals surface area contributed by atoms with Gasteiger partial charge in [0.25, 0.3) is 0 Å². The van der Waals surface area contributed by atoms with E-state index in [-0.39, 0.29) is 11.2 Å². The van der Waals surface area contributed by atoms with Crippen molar-refractivity contribution >= 4 is 23.6 Å². The van der Waals surface area contributed by atoms with Crippen molar-refractivity contribution in [3.63, 3.8) is 0 Å². The highest BCUT2D eigenvalue weighted by Gasteiger charge is 2.17. The van der Waals surface area contributed by atoms with E-state index in [4.69, 9.17) is 14.9 Å². The highest BCUT2D eigenvalue weighted by Crippen LogP contribution is 2.13. The molecule has 0 radical (unpaired) electrons. The maximum atomic E-state index is 11.9. The van der Waals surface area contributed by atoms with E-state index in [1.165, 1.54) is 11.8 Å². The molecule has 2 atom stereocenters. The van der Waals surface area contributed by atoms with Crippen molar-refractivity contribution in [2.24, 2.45) is 5.73 Å². The van der Waals surface area contributed by atoms with Gasteiger partial charge in [-0.3, -0.25) is 9.59 Å². The number of amides is 1. The number of hydrogen-bond acceptors (Lipinski definition) is 6. The first kappa shape index (κ1) is 17.6. The Kier molecular flexibility index (Phi) is 7.92. The summed E-state index contributed by atoms with van der Waals surface area (Å²) in [4.78, 5) is 23.2. The Balaban J connectivity index is 2.18. The van der Waals surface area contributed by atoms with Crippen LogP contribution in [0.1, 0.15) is 26.0 Å². The van der Waals surface area contributed by atoms with Gasteiger partial charge in [-0.25, -0.2) is 0 Å². The van der Waals surface area contributed by atoms with Gasteiger partial charge in [0.2, 0.25) is 5.91 Å². The van der Waals surface area contributed by atoms with Gasteiger partial charge in [0.05, 0.1) is 24.7 Å². The lowest BCUT2D eigenvalue weighted by molar-refractivity contribution is -0.144. The van der Waals surface area contributed by atoms with Crippen LogP contribution in [0.25, 0.3) is 0 Å². The Hall–Kier alpha value is -1.47. The van der Waals surface area contributed by atoms with Crippen LogP contribution in [0.2, 0.25) is 0 Å². The maximum Gasteiger partial charge on any atom is 0.322 e. The van der Waals surface area contributed by atoms with Crippen molar-refractivity contribution in [2.75, 3.05) is 12.4 Å². The van der Waals surface area contributed by atoms with Gasteiger partial charge in [0.15, 0.2) is 0 Å². The van der Waals surface area contributed by atoms with Gasteiger partial charge in [0, 0.05) is 0 Å². The van der Waals surface area contributed by atoms with E-state index in [1.807, 2.05) is 6.92 Å². The van der Waals surface area contributed by atoms with Crippen LogP contribution in [0, 0.1) is 0 Å². The van der Waals surface area contributed by atoms with E-state index >= 15 is 0 Å². The average molecular weight is 314 g/mol. The Morgan fingerprint density at radius 2 is 2.29 bits per heavy atom. The number of thioether (sulfide) groups is 1. The maximum absolute atomic E-state index is 11.9. The minimum absolute atomic E-state index is 0.0684. The monoisotopic (exact) mass is 314 g/mol. The zero-order chi connectivity index (χ0) is 15.7.